The fourth-order valence-electron chi connectivity index (χ4n) is 2.44. The van der Waals surface area contributed by atoms with Gasteiger partial charge < -0.3 is 5.11 Å². The van der Waals surface area contributed by atoms with Crippen molar-refractivity contribution >= 4 is 5.97 Å². The first kappa shape index (κ1) is 11.0. The van der Waals surface area contributed by atoms with Gasteiger partial charge in [-0.1, -0.05) is 23.8 Å². The molecule has 3 rings (SSSR count). The molecule has 1 heterocycles. The Kier molecular flexibility index (Phi) is 2.40. The lowest BCUT2D eigenvalue weighted by molar-refractivity contribution is -0.147. The minimum Gasteiger partial charge on any atom is -0.481 e. The van der Waals surface area contributed by atoms with E-state index in [4.69, 9.17) is 0 Å². The largest absolute Gasteiger partial charge is 0.481 e. The Morgan fingerprint density at radius 1 is 1.28 bits per heavy atom. The Hall–Kier alpha value is -2.17. The van der Waals surface area contributed by atoms with Crippen molar-refractivity contribution in [2.24, 2.45) is 0 Å². The Labute approximate surface area is 104 Å². The lowest BCUT2D eigenvalue weighted by Gasteiger charge is -2.38. The molecule has 0 spiro atoms. The van der Waals surface area contributed by atoms with Crippen molar-refractivity contribution in [3.63, 3.8) is 0 Å². The summed E-state index contributed by atoms with van der Waals surface area (Å²) in [6, 6.07) is 7.52. The van der Waals surface area contributed by atoms with Crippen LogP contribution in [0.2, 0.25) is 0 Å². The van der Waals surface area contributed by atoms with E-state index in [0.29, 0.717) is 0 Å². The zero-order valence-electron chi connectivity index (χ0n) is 9.78. The minimum absolute atomic E-state index is 0.666. The van der Waals surface area contributed by atoms with Gasteiger partial charge in [-0.15, -0.1) is 5.10 Å². The summed E-state index contributed by atoms with van der Waals surface area (Å²) in [5.74, 6) is -0.720. The predicted molar refractivity (Wildman–Crippen MR) is 64.5 cm³/mol. The summed E-state index contributed by atoms with van der Waals surface area (Å²) in [6.45, 7) is 0. The molecule has 1 saturated carbocycles. The normalized spacial score (nSPS) is 17.1. The highest BCUT2D eigenvalue weighted by atomic mass is 16.4. The zero-order chi connectivity index (χ0) is 12.6. The molecule has 1 fully saturated rings. The molecule has 5 nitrogen and oxygen atoms in total. The fraction of sp³-hybridized carbons (Fsp3) is 0.308. The molecule has 0 saturated heterocycles. The maximum absolute atomic E-state index is 11.4. The predicted octanol–water partition coefficient (Wildman–Crippen LogP) is 1.77. The number of nitrogens with zero attached hydrogens (tertiary/aromatic N) is 3. The molecule has 1 aliphatic carbocycles. The molecular formula is C13H13N3O2. The third-order valence-corrected chi connectivity index (χ3v) is 3.72. The molecule has 5 heteroatoms. The number of hydrogen-bond donors (Lipinski definition) is 1. The Morgan fingerprint density at radius 3 is 2.44 bits per heavy atom. The van der Waals surface area contributed by atoms with Crippen molar-refractivity contribution in [1.29, 1.82) is 0 Å². The summed E-state index contributed by atoms with van der Waals surface area (Å²) in [7, 11) is 0. The molecule has 18 heavy (non-hydrogen) atoms. The average Bonchev–Trinajstić information content (AvgIpc) is 2.81. The van der Waals surface area contributed by atoms with Gasteiger partial charge in [0.15, 0.2) is 0 Å². The van der Waals surface area contributed by atoms with Gasteiger partial charge in [0.2, 0.25) is 0 Å². The van der Waals surface area contributed by atoms with Crippen LogP contribution < -0.4 is 0 Å². The van der Waals surface area contributed by atoms with Crippen LogP contribution in [0.15, 0.2) is 36.7 Å². The van der Waals surface area contributed by atoms with E-state index in [-0.39, 0.29) is 0 Å². The van der Waals surface area contributed by atoms with Crippen LogP contribution in [0.4, 0.5) is 0 Å². The van der Waals surface area contributed by atoms with E-state index in [1.807, 2.05) is 24.3 Å². The molecule has 92 valence electrons. The van der Waals surface area contributed by atoms with Gasteiger partial charge in [0, 0.05) is 0 Å². The average molecular weight is 243 g/mol. The number of rotatable bonds is 3. The highest BCUT2D eigenvalue weighted by Gasteiger charge is 2.45. The van der Waals surface area contributed by atoms with E-state index < -0.39 is 11.4 Å². The van der Waals surface area contributed by atoms with Crippen LogP contribution in [0.25, 0.3) is 5.69 Å². The first-order chi connectivity index (χ1) is 8.72. The Morgan fingerprint density at radius 2 is 2.00 bits per heavy atom. The van der Waals surface area contributed by atoms with Gasteiger partial charge in [-0.2, -0.15) is 0 Å². The van der Waals surface area contributed by atoms with Gasteiger partial charge in [-0.25, -0.2) is 4.68 Å². The summed E-state index contributed by atoms with van der Waals surface area (Å²) in [4.78, 5) is 11.4. The van der Waals surface area contributed by atoms with Crippen LogP contribution in [-0.2, 0) is 10.2 Å². The van der Waals surface area contributed by atoms with Gasteiger partial charge in [-0.05, 0) is 30.5 Å². The number of carboxylic acid groups (broad SMARTS) is 1. The maximum atomic E-state index is 11.4. The van der Waals surface area contributed by atoms with E-state index in [1.54, 1.807) is 17.1 Å². The summed E-state index contributed by atoms with van der Waals surface area (Å²) in [5, 5.41) is 17.0. The molecule has 1 N–H and O–H groups in total. The zero-order valence-corrected chi connectivity index (χ0v) is 9.78. The molecule has 0 atom stereocenters. The molecule has 1 aromatic carbocycles. The van der Waals surface area contributed by atoms with Crippen LogP contribution in [0.3, 0.4) is 0 Å². The second-order valence-corrected chi connectivity index (χ2v) is 4.64. The number of carbonyl (C=O) groups is 1. The molecule has 0 unspecified atom stereocenters. The Balaban J connectivity index is 1.94. The molecule has 0 aliphatic heterocycles. The molecule has 0 radical (unpaired) electrons. The van der Waals surface area contributed by atoms with Crippen molar-refractivity contribution in [2.45, 2.75) is 24.7 Å². The molecule has 0 bridgehead atoms. The third kappa shape index (κ3) is 1.51. The summed E-state index contributed by atoms with van der Waals surface area (Å²) < 4.78 is 1.65. The fourth-order valence-corrected chi connectivity index (χ4v) is 2.44. The van der Waals surface area contributed by atoms with Crippen molar-refractivity contribution in [3.8, 4) is 5.69 Å². The lowest BCUT2D eigenvalue weighted by atomic mass is 9.64. The highest BCUT2D eigenvalue weighted by molar-refractivity contribution is 5.82. The van der Waals surface area contributed by atoms with Crippen LogP contribution in [0.1, 0.15) is 24.8 Å². The van der Waals surface area contributed by atoms with E-state index in [2.05, 4.69) is 10.3 Å². The number of hydrogen-bond acceptors (Lipinski definition) is 3. The Bertz CT molecular complexity index is 556. The first-order valence-corrected chi connectivity index (χ1v) is 5.93. The topological polar surface area (TPSA) is 68.0 Å². The van der Waals surface area contributed by atoms with Gasteiger partial charge in [0.1, 0.15) is 0 Å². The van der Waals surface area contributed by atoms with E-state index in [1.165, 1.54) is 0 Å². The van der Waals surface area contributed by atoms with E-state index in [9.17, 15) is 9.90 Å². The number of aromatic nitrogens is 3. The van der Waals surface area contributed by atoms with Crippen molar-refractivity contribution in [1.82, 2.24) is 15.0 Å². The standard InChI is InChI=1S/C13H13N3O2/c17-12(18)13(6-1-7-13)10-2-4-11(5-3-10)16-9-8-14-15-16/h2-5,8-9H,1,6-7H2,(H,17,18). The van der Waals surface area contributed by atoms with Crippen LogP contribution >= 0.6 is 0 Å². The molecule has 0 amide bonds. The van der Waals surface area contributed by atoms with Gasteiger partial charge >= 0.3 is 5.97 Å². The van der Waals surface area contributed by atoms with Gasteiger partial charge in [0.25, 0.3) is 0 Å². The van der Waals surface area contributed by atoms with E-state index in [0.717, 1.165) is 30.5 Å². The summed E-state index contributed by atoms with van der Waals surface area (Å²) in [5.41, 5.74) is 1.10. The van der Waals surface area contributed by atoms with E-state index >= 15 is 0 Å². The van der Waals surface area contributed by atoms with Crippen molar-refractivity contribution in [2.75, 3.05) is 0 Å². The van der Waals surface area contributed by atoms with Crippen LogP contribution in [0.5, 0.6) is 0 Å². The number of benzene rings is 1. The number of carboxylic acids is 1. The lowest BCUT2D eigenvalue weighted by Crippen LogP contribution is -2.42. The van der Waals surface area contributed by atoms with Gasteiger partial charge in [-0.3, -0.25) is 4.79 Å². The highest BCUT2D eigenvalue weighted by Crippen LogP contribution is 2.44. The first-order valence-electron chi connectivity index (χ1n) is 5.93. The monoisotopic (exact) mass is 243 g/mol. The quantitative estimate of drug-likeness (QED) is 0.892. The second kappa shape index (κ2) is 3.94. The minimum atomic E-state index is -0.720. The maximum Gasteiger partial charge on any atom is 0.314 e. The summed E-state index contributed by atoms with van der Waals surface area (Å²) >= 11 is 0. The smallest absolute Gasteiger partial charge is 0.314 e. The molecule has 2 aromatic rings. The molecular weight excluding hydrogens is 230 g/mol. The van der Waals surface area contributed by atoms with Crippen molar-refractivity contribution in [3.05, 3.63) is 42.2 Å². The second-order valence-electron chi connectivity index (χ2n) is 4.64. The molecule has 1 aromatic heterocycles. The summed E-state index contributed by atoms with van der Waals surface area (Å²) in [6.07, 6.45) is 5.80. The van der Waals surface area contributed by atoms with Gasteiger partial charge in [0.05, 0.1) is 23.5 Å². The van der Waals surface area contributed by atoms with Crippen molar-refractivity contribution < 1.29 is 9.90 Å². The van der Waals surface area contributed by atoms with Crippen LogP contribution in [-0.4, -0.2) is 26.1 Å². The SMILES string of the molecule is O=C(O)C1(c2ccc(-n3ccnn3)cc2)CCC1. The van der Waals surface area contributed by atoms with Crippen LogP contribution in [0, 0.1) is 0 Å². The molecule has 1 aliphatic rings. The third-order valence-electron chi connectivity index (χ3n) is 3.72. The number of aliphatic carboxylic acids is 1.